The van der Waals surface area contributed by atoms with Crippen LogP contribution in [0.3, 0.4) is 0 Å². The highest BCUT2D eigenvalue weighted by Gasteiger charge is 2.18. The molecule has 2 aromatic rings. The fourth-order valence-corrected chi connectivity index (χ4v) is 4.07. The predicted molar refractivity (Wildman–Crippen MR) is 109 cm³/mol. The second kappa shape index (κ2) is 9.12. The molecule has 0 fully saturated rings. The fraction of sp³-hybridized carbons (Fsp3) is 0.333. The number of aryl methyl sites for hydroxylation is 2. The van der Waals surface area contributed by atoms with Crippen LogP contribution in [-0.4, -0.2) is 47.9 Å². The Morgan fingerprint density at radius 1 is 1.32 bits per heavy atom. The summed E-state index contributed by atoms with van der Waals surface area (Å²) in [6.45, 7) is 6.01. The van der Waals surface area contributed by atoms with E-state index in [9.17, 15) is 9.18 Å². The first kappa shape index (κ1) is 20.2. The first-order chi connectivity index (χ1) is 13.5. The van der Waals surface area contributed by atoms with Gasteiger partial charge in [0, 0.05) is 30.8 Å². The van der Waals surface area contributed by atoms with Gasteiger partial charge < -0.3 is 9.94 Å². The van der Waals surface area contributed by atoms with Crippen LogP contribution in [-0.2, 0) is 9.63 Å². The fourth-order valence-electron chi connectivity index (χ4n) is 3.15. The summed E-state index contributed by atoms with van der Waals surface area (Å²) >= 11 is 1.57. The first-order valence-corrected chi connectivity index (χ1v) is 9.99. The monoisotopic (exact) mass is 402 g/mol. The molecule has 0 atom stereocenters. The zero-order valence-electron chi connectivity index (χ0n) is 15.9. The lowest BCUT2D eigenvalue weighted by atomic mass is 10.0. The Bertz CT molecular complexity index is 920. The van der Waals surface area contributed by atoms with Crippen LogP contribution < -0.4 is 0 Å². The Balaban J connectivity index is 1.71. The van der Waals surface area contributed by atoms with Crippen LogP contribution in [0, 0.1) is 19.7 Å². The van der Waals surface area contributed by atoms with Crippen molar-refractivity contribution in [3.05, 3.63) is 68.7 Å². The number of hydrogen-bond donors (Lipinski definition) is 1. The first-order valence-electron chi connectivity index (χ1n) is 9.11. The zero-order chi connectivity index (χ0) is 20.1. The molecule has 0 radical (unpaired) electrons. The predicted octanol–water partition coefficient (Wildman–Crippen LogP) is 3.99. The Hall–Kier alpha value is -2.51. The van der Waals surface area contributed by atoms with E-state index in [1.54, 1.807) is 23.5 Å². The molecule has 0 amide bonds. The van der Waals surface area contributed by atoms with Gasteiger partial charge >= 0.3 is 5.97 Å². The molecule has 0 spiro atoms. The summed E-state index contributed by atoms with van der Waals surface area (Å²) in [6.07, 6.45) is 2.49. The minimum atomic E-state index is -0.870. The normalized spacial score (nSPS) is 15.4. The molecule has 0 unspecified atom stereocenters. The molecular weight excluding hydrogens is 379 g/mol. The average Bonchev–Trinajstić information content (AvgIpc) is 3.08. The standard InChI is InChI=1S/C21H23FN2O3S/c1-14-7-11-28-20(14)19(18-6-5-17(22)12-15(18)2)23-27-10-9-24-8-3-4-16(13-24)21(25)26/h4-7,11-12H,3,8-10,13H2,1-2H3,(H,25,26)/b23-19+. The van der Waals surface area contributed by atoms with E-state index in [0.717, 1.165) is 34.5 Å². The molecule has 0 aliphatic carbocycles. The number of halogens is 1. The molecular formula is C21H23FN2O3S. The second-order valence-corrected chi connectivity index (χ2v) is 7.68. The van der Waals surface area contributed by atoms with Crippen molar-refractivity contribution in [2.45, 2.75) is 20.3 Å². The molecule has 1 aliphatic rings. The van der Waals surface area contributed by atoms with E-state index < -0.39 is 5.97 Å². The number of benzene rings is 1. The van der Waals surface area contributed by atoms with Gasteiger partial charge in [0.1, 0.15) is 18.1 Å². The molecule has 2 heterocycles. The molecule has 0 saturated heterocycles. The highest BCUT2D eigenvalue weighted by atomic mass is 32.1. The summed E-state index contributed by atoms with van der Waals surface area (Å²) in [5, 5.41) is 15.5. The molecule has 7 heteroatoms. The zero-order valence-corrected chi connectivity index (χ0v) is 16.8. The molecule has 3 rings (SSSR count). The number of rotatable bonds is 7. The molecule has 0 bridgehead atoms. The number of aliphatic carboxylic acids is 1. The second-order valence-electron chi connectivity index (χ2n) is 6.76. The summed E-state index contributed by atoms with van der Waals surface area (Å²) in [6, 6.07) is 6.65. The van der Waals surface area contributed by atoms with Crippen molar-refractivity contribution in [1.29, 1.82) is 0 Å². The lowest BCUT2D eigenvalue weighted by Gasteiger charge is -2.24. The maximum absolute atomic E-state index is 13.5. The summed E-state index contributed by atoms with van der Waals surface area (Å²) in [5.74, 6) is -1.15. The van der Waals surface area contributed by atoms with Crippen LogP contribution in [0.2, 0.25) is 0 Å². The topological polar surface area (TPSA) is 62.1 Å². The van der Waals surface area contributed by atoms with Gasteiger partial charge in [-0.2, -0.15) is 0 Å². The number of carboxylic acids is 1. The van der Waals surface area contributed by atoms with Crippen LogP contribution >= 0.6 is 11.3 Å². The average molecular weight is 402 g/mol. The van der Waals surface area contributed by atoms with Crippen LogP contribution in [0.5, 0.6) is 0 Å². The summed E-state index contributed by atoms with van der Waals surface area (Å²) in [7, 11) is 0. The van der Waals surface area contributed by atoms with Gasteiger partial charge in [-0.05, 0) is 61.0 Å². The third-order valence-electron chi connectivity index (χ3n) is 4.68. The molecule has 0 saturated carbocycles. The summed E-state index contributed by atoms with van der Waals surface area (Å²) in [4.78, 5) is 19.8. The number of oxime groups is 1. The quantitative estimate of drug-likeness (QED) is 0.432. The summed E-state index contributed by atoms with van der Waals surface area (Å²) < 4.78 is 13.5. The van der Waals surface area contributed by atoms with Crippen LogP contribution in [0.25, 0.3) is 0 Å². The number of nitrogens with zero attached hydrogens (tertiary/aromatic N) is 2. The highest BCUT2D eigenvalue weighted by molar-refractivity contribution is 7.12. The van der Waals surface area contributed by atoms with Gasteiger partial charge in [0.15, 0.2) is 0 Å². The molecule has 1 aliphatic heterocycles. The number of hydrogen-bond acceptors (Lipinski definition) is 5. The Labute approximate surface area is 167 Å². The molecule has 1 aromatic carbocycles. The third-order valence-corrected chi connectivity index (χ3v) is 5.70. The minimum Gasteiger partial charge on any atom is -0.478 e. The molecule has 28 heavy (non-hydrogen) atoms. The van der Waals surface area contributed by atoms with Crippen molar-refractivity contribution in [2.24, 2.45) is 5.16 Å². The molecule has 148 valence electrons. The smallest absolute Gasteiger partial charge is 0.332 e. The van der Waals surface area contributed by atoms with Crippen molar-refractivity contribution in [3.63, 3.8) is 0 Å². The maximum Gasteiger partial charge on any atom is 0.332 e. The molecule has 5 nitrogen and oxygen atoms in total. The van der Waals surface area contributed by atoms with Gasteiger partial charge in [0.25, 0.3) is 0 Å². The van der Waals surface area contributed by atoms with E-state index in [0.29, 0.717) is 31.0 Å². The maximum atomic E-state index is 13.5. The summed E-state index contributed by atoms with van der Waals surface area (Å²) in [5.41, 5.74) is 3.83. The van der Waals surface area contributed by atoms with Gasteiger partial charge in [0.05, 0.1) is 4.88 Å². The van der Waals surface area contributed by atoms with Crippen molar-refractivity contribution in [1.82, 2.24) is 4.90 Å². The van der Waals surface area contributed by atoms with Crippen molar-refractivity contribution < 1.29 is 19.1 Å². The lowest BCUT2D eigenvalue weighted by Crippen LogP contribution is -2.34. The van der Waals surface area contributed by atoms with E-state index in [1.165, 1.54) is 12.1 Å². The Morgan fingerprint density at radius 2 is 2.14 bits per heavy atom. The van der Waals surface area contributed by atoms with E-state index >= 15 is 0 Å². The van der Waals surface area contributed by atoms with E-state index in [1.807, 2.05) is 30.2 Å². The van der Waals surface area contributed by atoms with Gasteiger partial charge in [0.2, 0.25) is 0 Å². The van der Waals surface area contributed by atoms with Crippen LogP contribution in [0.4, 0.5) is 4.39 Å². The Kier molecular flexibility index (Phi) is 6.59. The third kappa shape index (κ3) is 4.85. The number of carbonyl (C=O) groups is 1. The van der Waals surface area contributed by atoms with Gasteiger partial charge in [-0.25, -0.2) is 9.18 Å². The number of thiophene rings is 1. The van der Waals surface area contributed by atoms with Gasteiger partial charge in [-0.3, -0.25) is 4.90 Å². The van der Waals surface area contributed by atoms with E-state index in [-0.39, 0.29) is 5.82 Å². The van der Waals surface area contributed by atoms with Gasteiger partial charge in [-0.1, -0.05) is 11.2 Å². The van der Waals surface area contributed by atoms with E-state index in [2.05, 4.69) is 5.16 Å². The number of carboxylic acid groups (broad SMARTS) is 1. The van der Waals surface area contributed by atoms with E-state index in [4.69, 9.17) is 9.94 Å². The molecule has 1 aromatic heterocycles. The Morgan fingerprint density at radius 3 is 2.82 bits per heavy atom. The SMILES string of the molecule is Cc1cc(F)ccc1/C(=N\OCCN1CCC=C(C(=O)O)C1)c1sccc1C. The lowest BCUT2D eigenvalue weighted by molar-refractivity contribution is -0.133. The minimum absolute atomic E-state index is 0.281. The van der Waals surface area contributed by atoms with Gasteiger partial charge in [-0.15, -0.1) is 11.3 Å². The van der Waals surface area contributed by atoms with Crippen LogP contribution in [0.1, 0.15) is 28.0 Å². The highest BCUT2D eigenvalue weighted by Crippen LogP contribution is 2.23. The van der Waals surface area contributed by atoms with Crippen molar-refractivity contribution in [3.8, 4) is 0 Å². The molecule has 1 N–H and O–H groups in total. The van der Waals surface area contributed by atoms with Crippen molar-refractivity contribution in [2.75, 3.05) is 26.2 Å². The largest absolute Gasteiger partial charge is 0.478 e. The van der Waals surface area contributed by atoms with Crippen LogP contribution in [0.15, 0.2) is 46.5 Å². The van der Waals surface area contributed by atoms with Crippen molar-refractivity contribution >= 4 is 23.0 Å².